The van der Waals surface area contributed by atoms with Crippen molar-refractivity contribution in [2.75, 3.05) is 0 Å². The van der Waals surface area contributed by atoms with Crippen molar-refractivity contribution >= 4 is 0 Å². The van der Waals surface area contributed by atoms with Crippen molar-refractivity contribution < 1.29 is 0 Å². The molecule has 0 amide bonds. The highest BCUT2D eigenvalue weighted by atomic mass is 14.3. The Balaban J connectivity index is 0.000000845. The Labute approximate surface area is 89.4 Å². The fraction of sp³-hybridized carbons (Fsp3) is 0.571. The van der Waals surface area contributed by atoms with Crippen LogP contribution in [0.5, 0.6) is 0 Å². The second-order valence-electron chi connectivity index (χ2n) is 3.85. The van der Waals surface area contributed by atoms with Gasteiger partial charge in [-0.25, -0.2) is 0 Å². The maximum atomic E-state index is 2.30. The van der Waals surface area contributed by atoms with Gasteiger partial charge < -0.3 is 0 Å². The molecule has 0 heterocycles. The summed E-state index contributed by atoms with van der Waals surface area (Å²) in [6.45, 7) is 2.30. The molecule has 1 aliphatic rings. The zero-order valence-electron chi connectivity index (χ0n) is 7.66. The molecule has 1 aromatic carbocycles. The van der Waals surface area contributed by atoms with Gasteiger partial charge in [-0.3, -0.25) is 0 Å². The van der Waals surface area contributed by atoms with Gasteiger partial charge in [0.2, 0.25) is 0 Å². The molecule has 0 bridgehead atoms. The van der Waals surface area contributed by atoms with Gasteiger partial charge in [0.05, 0.1) is 0 Å². The Morgan fingerprint density at radius 2 is 1.64 bits per heavy atom. The lowest BCUT2D eigenvalue weighted by Crippen LogP contribution is -2.20. The van der Waals surface area contributed by atoms with E-state index in [-0.39, 0.29) is 14.9 Å². The van der Waals surface area contributed by atoms with Crippen LogP contribution in [0.1, 0.15) is 52.5 Å². The molecule has 80 valence electrons. The Bertz CT molecular complexity index is 231. The smallest absolute Gasteiger partial charge is 0.0157 e. The van der Waals surface area contributed by atoms with E-state index < -0.39 is 0 Å². The molecule has 0 radical (unpaired) electrons. The quantitative estimate of drug-likeness (QED) is 0.627. The summed E-state index contributed by atoms with van der Waals surface area (Å²) in [4.78, 5) is 0. The van der Waals surface area contributed by atoms with E-state index in [4.69, 9.17) is 0 Å². The van der Waals surface area contributed by atoms with Crippen molar-refractivity contribution in [1.29, 1.82) is 0 Å². The molecule has 0 heteroatoms. The molecule has 0 atom stereocenters. The fourth-order valence-corrected chi connectivity index (χ4v) is 2.07. The van der Waals surface area contributed by atoms with Gasteiger partial charge in [-0.05, 0) is 30.2 Å². The van der Waals surface area contributed by atoms with Crippen LogP contribution < -0.4 is 0 Å². The van der Waals surface area contributed by atoms with Crippen molar-refractivity contribution in [1.82, 2.24) is 0 Å². The standard InChI is InChI=1S/C12H16.2CH4/c1-2-10-8-12(9-10)11-6-4-3-5-7-11;;/h3-7,10,12H,2,8-9H2,1H3;2*1H4. The summed E-state index contributed by atoms with van der Waals surface area (Å²) >= 11 is 0. The van der Waals surface area contributed by atoms with Crippen LogP contribution in [0.3, 0.4) is 0 Å². The third-order valence-corrected chi connectivity index (χ3v) is 3.08. The van der Waals surface area contributed by atoms with Gasteiger partial charge in [0.25, 0.3) is 0 Å². The molecular weight excluding hydrogens is 168 g/mol. The van der Waals surface area contributed by atoms with Gasteiger partial charge in [-0.2, -0.15) is 0 Å². The molecule has 0 aromatic heterocycles. The number of rotatable bonds is 2. The summed E-state index contributed by atoms with van der Waals surface area (Å²) in [5.74, 6) is 1.88. The molecule has 0 spiro atoms. The minimum absolute atomic E-state index is 0. The lowest BCUT2D eigenvalue weighted by molar-refractivity contribution is 0.256. The maximum absolute atomic E-state index is 2.30. The summed E-state index contributed by atoms with van der Waals surface area (Å²) in [5, 5.41) is 0. The van der Waals surface area contributed by atoms with Crippen LogP contribution in [0.25, 0.3) is 0 Å². The van der Waals surface area contributed by atoms with Gasteiger partial charge in [0, 0.05) is 0 Å². The molecule has 0 N–H and O–H groups in total. The minimum atomic E-state index is 0. The Morgan fingerprint density at radius 3 is 2.14 bits per heavy atom. The minimum Gasteiger partial charge on any atom is -0.0776 e. The summed E-state index contributed by atoms with van der Waals surface area (Å²) in [5.41, 5.74) is 1.54. The van der Waals surface area contributed by atoms with Crippen LogP contribution in [0.4, 0.5) is 0 Å². The highest BCUT2D eigenvalue weighted by Crippen LogP contribution is 2.42. The van der Waals surface area contributed by atoms with Crippen LogP contribution >= 0.6 is 0 Å². The first-order valence-corrected chi connectivity index (χ1v) is 4.95. The van der Waals surface area contributed by atoms with Crippen molar-refractivity contribution in [2.45, 2.75) is 47.0 Å². The molecular formula is C14H24. The highest BCUT2D eigenvalue weighted by molar-refractivity contribution is 5.21. The normalized spacial score (nSPS) is 24.1. The van der Waals surface area contributed by atoms with Crippen molar-refractivity contribution in [3.05, 3.63) is 35.9 Å². The monoisotopic (exact) mass is 192 g/mol. The largest absolute Gasteiger partial charge is 0.0776 e. The number of hydrogen-bond donors (Lipinski definition) is 0. The Morgan fingerprint density at radius 1 is 1.07 bits per heavy atom. The SMILES string of the molecule is C.C.CCC1CC(c2ccccc2)C1. The molecule has 1 saturated carbocycles. The molecule has 1 fully saturated rings. The third kappa shape index (κ3) is 2.60. The first-order chi connectivity index (χ1) is 5.90. The van der Waals surface area contributed by atoms with Crippen LogP contribution in [0.2, 0.25) is 0 Å². The van der Waals surface area contributed by atoms with E-state index in [1.807, 2.05) is 0 Å². The van der Waals surface area contributed by atoms with E-state index in [0.29, 0.717) is 0 Å². The van der Waals surface area contributed by atoms with E-state index in [9.17, 15) is 0 Å². The summed E-state index contributed by atoms with van der Waals surface area (Å²) in [6.07, 6.45) is 4.20. The predicted octanol–water partition coefficient (Wildman–Crippen LogP) is 4.86. The van der Waals surface area contributed by atoms with E-state index in [0.717, 1.165) is 11.8 Å². The van der Waals surface area contributed by atoms with Crippen LogP contribution in [0.15, 0.2) is 30.3 Å². The zero-order valence-corrected chi connectivity index (χ0v) is 7.66. The highest BCUT2D eigenvalue weighted by Gasteiger charge is 2.28. The second-order valence-corrected chi connectivity index (χ2v) is 3.85. The molecule has 0 aliphatic heterocycles. The maximum Gasteiger partial charge on any atom is -0.0157 e. The van der Waals surface area contributed by atoms with Gasteiger partial charge in [0.1, 0.15) is 0 Å². The Kier molecular flexibility index (Phi) is 5.52. The Hall–Kier alpha value is -0.780. The topological polar surface area (TPSA) is 0 Å². The average Bonchev–Trinajstić information content (AvgIpc) is 2.04. The van der Waals surface area contributed by atoms with Crippen molar-refractivity contribution in [3.63, 3.8) is 0 Å². The molecule has 14 heavy (non-hydrogen) atoms. The molecule has 0 unspecified atom stereocenters. The number of benzene rings is 1. The van der Waals surface area contributed by atoms with E-state index in [1.54, 1.807) is 5.56 Å². The van der Waals surface area contributed by atoms with Gasteiger partial charge in [-0.15, -0.1) is 0 Å². The third-order valence-electron chi connectivity index (χ3n) is 3.08. The molecule has 2 rings (SSSR count). The van der Waals surface area contributed by atoms with Crippen LogP contribution in [-0.2, 0) is 0 Å². The molecule has 0 nitrogen and oxygen atoms in total. The van der Waals surface area contributed by atoms with E-state index in [1.165, 1.54) is 19.3 Å². The fourth-order valence-electron chi connectivity index (χ4n) is 2.07. The molecule has 1 aliphatic carbocycles. The molecule has 1 aromatic rings. The summed E-state index contributed by atoms with van der Waals surface area (Å²) in [7, 11) is 0. The van der Waals surface area contributed by atoms with Gasteiger partial charge >= 0.3 is 0 Å². The van der Waals surface area contributed by atoms with E-state index in [2.05, 4.69) is 37.3 Å². The lowest BCUT2D eigenvalue weighted by atomic mass is 9.70. The van der Waals surface area contributed by atoms with Crippen LogP contribution in [0, 0.1) is 5.92 Å². The second kappa shape index (κ2) is 5.85. The lowest BCUT2D eigenvalue weighted by Gasteiger charge is -2.35. The number of hydrogen-bond acceptors (Lipinski definition) is 0. The average molecular weight is 192 g/mol. The molecule has 0 saturated heterocycles. The van der Waals surface area contributed by atoms with Gasteiger partial charge in [0.15, 0.2) is 0 Å². The summed E-state index contributed by atoms with van der Waals surface area (Å²) < 4.78 is 0. The van der Waals surface area contributed by atoms with Crippen LogP contribution in [-0.4, -0.2) is 0 Å². The van der Waals surface area contributed by atoms with Crippen molar-refractivity contribution in [3.8, 4) is 0 Å². The van der Waals surface area contributed by atoms with Gasteiger partial charge in [-0.1, -0.05) is 58.5 Å². The summed E-state index contributed by atoms with van der Waals surface area (Å²) in [6, 6.07) is 10.9. The van der Waals surface area contributed by atoms with Crippen molar-refractivity contribution in [2.24, 2.45) is 5.92 Å². The first-order valence-electron chi connectivity index (χ1n) is 4.95. The zero-order chi connectivity index (χ0) is 8.39. The predicted molar refractivity (Wildman–Crippen MR) is 65.7 cm³/mol. The van der Waals surface area contributed by atoms with E-state index >= 15 is 0 Å². The first kappa shape index (κ1) is 13.2.